The predicted octanol–water partition coefficient (Wildman–Crippen LogP) is 7.68. The van der Waals surface area contributed by atoms with Crippen LogP contribution in [0.25, 0.3) is 11.1 Å². The third-order valence-corrected chi connectivity index (χ3v) is 5.87. The van der Waals surface area contributed by atoms with Crippen molar-refractivity contribution in [1.29, 1.82) is 0 Å². The minimum Gasteiger partial charge on any atom is -0.0653 e. The number of hydrogen-bond acceptors (Lipinski definition) is 0. The first-order valence-corrected chi connectivity index (χ1v) is 10.6. The van der Waals surface area contributed by atoms with E-state index in [9.17, 15) is 0 Å². The molecule has 0 atom stereocenters. The molecule has 144 valence electrons. The standard InChI is InChI=1S/C29H28/c1-2-21-29(27-17-8-4-9-18-27,28-19-10-5-11-20-28)23-24-13-12-16-26(22-24)25-14-6-3-7-15-25/h3-20,22H,2,21,23H2,1H3. The highest BCUT2D eigenvalue weighted by atomic mass is 14.4. The van der Waals surface area contributed by atoms with Crippen LogP contribution in [0.15, 0.2) is 115 Å². The summed E-state index contributed by atoms with van der Waals surface area (Å²) in [6.45, 7) is 2.29. The molecule has 0 radical (unpaired) electrons. The maximum absolute atomic E-state index is 2.37. The molecule has 4 aromatic rings. The van der Waals surface area contributed by atoms with Crippen LogP contribution in [0.5, 0.6) is 0 Å². The van der Waals surface area contributed by atoms with Gasteiger partial charge in [-0.15, -0.1) is 0 Å². The van der Waals surface area contributed by atoms with Crippen molar-refractivity contribution in [3.63, 3.8) is 0 Å². The molecule has 4 rings (SSSR count). The van der Waals surface area contributed by atoms with E-state index in [1.165, 1.54) is 27.8 Å². The molecular formula is C29H28. The summed E-state index contributed by atoms with van der Waals surface area (Å²) in [6.07, 6.45) is 3.26. The van der Waals surface area contributed by atoms with Crippen LogP contribution in [-0.4, -0.2) is 0 Å². The molecule has 0 spiro atoms. The summed E-state index contributed by atoms with van der Waals surface area (Å²) in [4.78, 5) is 0. The summed E-state index contributed by atoms with van der Waals surface area (Å²) in [6, 6.07) is 41.8. The van der Waals surface area contributed by atoms with E-state index in [-0.39, 0.29) is 5.41 Å². The van der Waals surface area contributed by atoms with Crippen molar-refractivity contribution in [2.75, 3.05) is 0 Å². The zero-order valence-corrected chi connectivity index (χ0v) is 17.1. The quantitative estimate of drug-likeness (QED) is 0.310. The first kappa shape index (κ1) is 19.2. The third-order valence-electron chi connectivity index (χ3n) is 5.87. The van der Waals surface area contributed by atoms with E-state index in [0.29, 0.717) is 0 Å². The lowest BCUT2D eigenvalue weighted by molar-refractivity contribution is 0.462. The second-order valence-corrected chi connectivity index (χ2v) is 7.81. The summed E-state index contributed by atoms with van der Waals surface area (Å²) < 4.78 is 0. The van der Waals surface area contributed by atoms with E-state index >= 15 is 0 Å². The summed E-state index contributed by atoms with van der Waals surface area (Å²) in [5, 5.41) is 0. The van der Waals surface area contributed by atoms with Gasteiger partial charge in [0, 0.05) is 5.41 Å². The van der Waals surface area contributed by atoms with Gasteiger partial charge in [0.1, 0.15) is 0 Å². The fourth-order valence-electron chi connectivity index (χ4n) is 4.53. The molecule has 0 heteroatoms. The zero-order chi connectivity index (χ0) is 19.9. The van der Waals surface area contributed by atoms with Crippen molar-refractivity contribution in [2.24, 2.45) is 0 Å². The van der Waals surface area contributed by atoms with Crippen molar-refractivity contribution < 1.29 is 0 Å². The first-order valence-electron chi connectivity index (χ1n) is 10.6. The van der Waals surface area contributed by atoms with Crippen LogP contribution in [0.1, 0.15) is 36.5 Å². The minimum absolute atomic E-state index is 0.0212. The van der Waals surface area contributed by atoms with E-state index in [1.54, 1.807) is 0 Å². The molecule has 0 amide bonds. The van der Waals surface area contributed by atoms with Crippen LogP contribution in [-0.2, 0) is 11.8 Å². The largest absolute Gasteiger partial charge is 0.0653 e. The van der Waals surface area contributed by atoms with E-state index < -0.39 is 0 Å². The fraction of sp³-hybridized carbons (Fsp3) is 0.172. The second kappa shape index (κ2) is 8.92. The maximum Gasteiger partial charge on any atom is 0.0243 e. The summed E-state index contributed by atoms with van der Waals surface area (Å²) in [5.41, 5.74) is 6.72. The normalized spacial score (nSPS) is 11.3. The molecule has 0 heterocycles. The number of rotatable bonds is 7. The summed E-state index contributed by atoms with van der Waals surface area (Å²) in [7, 11) is 0. The van der Waals surface area contributed by atoms with Crippen molar-refractivity contribution >= 4 is 0 Å². The average Bonchev–Trinajstić information content (AvgIpc) is 2.81. The van der Waals surface area contributed by atoms with E-state index in [1.807, 2.05) is 0 Å². The smallest absolute Gasteiger partial charge is 0.0243 e. The SMILES string of the molecule is CCCC(Cc1cccc(-c2ccccc2)c1)(c1ccccc1)c1ccccc1. The molecule has 0 aromatic heterocycles. The van der Waals surface area contributed by atoms with Gasteiger partial charge in [0.05, 0.1) is 0 Å². The molecule has 29 heavy (non-hydrogen) atoms. The van der Waals surface area contributed by atoms with Crippen molar-refractivity contribution in [1.82, 2.24) is 0 Å². The Balaban J connectivity index is 1.81. The Kier molecular flexibility index (Phi) is 5.91. The first-order chi connectivity index (χ1) is 14.3. The van der Waals surface area contributed by atoms with Crippen molar-refractivity contribution in [3.05, 3.63) is 132 Å². The molecule has 0 N–H and O–H groups in total. The Morgan fingerprint density at radius 3 is 1.62 bits per heavy atom. The van der Waals surface area contributed by atoms with Gasteiger partial charge in [-0.3, -0.25) is 0 Å². The lowest BCUT2D eigenvalue weighted by Crippen LogP contribution is -2.30. The Labute approximate surface area is 174 Å². The molecule has 0 nitrogen and oxygen atoms in total. The lowest BCUT2D eigenvalue weighted by Gasteiger charge is -2.35. The molecule has 0 saturated heterocycles. The van der Waals surface area contributed by atoms with Crippen LogP contribution in [0, 0.1) is 0 Å². The highest BCUT2D eigenvalue weighted by molar-refractivity contribution is 5.64. The number of hydrogen-bond donors (Lipinski definition) is 0. The monoisotopic (exact) mass is 376 g/mol. The molecule has 4 aromatic carbocycles. The fourth-order valence-corrected chi connectivity index (χ4v) is 4.53. The molecule has 0 bridgehead atoms. The molecule has 0 fully saturated rings. The second-order valence-electron chi connectivity index (χ2n) is 7.81. The Morgan fingerprint density at radius 1 is 0.552 bits per heavy atom. The van der Waals surface area contributed by atoms with Gasteiger partial charge < -0.3 is 0 Å². The van der Waals surface area contributed by atoms with Crippen LogP contribution in [0.4, 0.5) is 0 Å². The van der Waals surface area contributed by atoms with Gasteiger partial charge in [-0.2, -0.15) is 0 Å². The van der Waals surface area contributed by atoms with Gasteiger partial charge in [0.15, 0.2) is 0 Å². The van der Waals surface area contributed by atoms with Crippen LogP contribution >= 0.6 is 0 Å². The van der Waals surface area contributed by atoms with Gasteiger partial charge >= 0.3 is 0 Å². The average molecular weight is 377 g/mol. The van der Waals surface area contributed by atoms with Crippen LogP contribution < -0.4 is 0 Å². The van der Waals surface area contributed by atoms with Gasteiger partial charge in [-0.05, 0) is 40.7 Å². The molecule has 0 saturated carbocycles. The summed E-state index contributed by atoms with van der Waals surface area (Å²) in [5.74, 6) is 0. The lowest BCUT2D eigenvalue weighted by atomic mass is 9.67. The van der Waals surface area contributed by atoms with Gasteiger partial charge in [0.25, 0.3) is 0 Å². The van der Waals surface area contributed by atoms with E-state index in [4.69, 9.17) is 0 Å². The van der Waals surface area contributed by atoms with Crippen molar-refractivity contribution in [2.45, 2.75) is 31.6 Å². The molecule has 0 unspecified atom stereocenters. The Hall–Kier alpha value is -3.12. The summed E-state index contributed by atoms with van der Waals surface area (Å²) >= 11 is 0. The molecule has 0 aliphatic carbocycles. The zero-order valence-electron chi connectivity index (χ0n) is 17.1. The minimum atomic E-state index is -0.0212. The molecular weight excluding hydrogens is 348 g/mol. The highest BCUT2D eigenvalue weighted by Gasteiger charge is 2.33. The van der Waals surface area contributed by atoms with Crippen LogP contribution in [0.3, 0.4) is 0 Å². The topological polar surface area (TPSA) is 0 Å². The van der Waals surface area contributed by atoms with Crippen molar-refractivity contribution in [3.8, 4) is 11.1 Å². The Bertz CT molecular complexity index is 978. The molecule has 0 aliphatic rings. The van der Waals surface area contributed by atoms with Crippen LogP contribution in [0.2, 0.25) is 0 Å². The third kappa shape index (κ3) is 4.17. The number of benzene rings is 4. The van der Waals surface area contributed by atoms with E-state index in [2.05, 4.69) is 122 Å². The molecule has 0 aliphatic heterocycles. The van der Waals surface area contributed by atoms with Gasteiger partial charge in [-0.25, -0.2) is 0 Å². The predicted molar refractivity (Wildman–Crippen MR) is 124 cm³/mol. The van der Waals surface area contributed by atoms with Gasteiger partial charge in [0.2, 0.25) is 0 Å². The van der Waals surface area contributed by atoms with E-state index in [0.717, 1.165) is 19.3 Å². The highest BCUT2D eigenvalue weighted by Crippen LogP contribution is 2.40. The Morgan fingerprint density at radius 2 is 1.07 bits per heavy atom. The maximum atomic E-state index is 2.37. The van der Waals surface area contributed by atoms with Gasteiger partial charge in [-0.1, -0.05) is 129 Å².